The number of benzene rings is 1. The third kappa shape index (κ3) is 4.03. The lowest BCUT2D eigenvalue weighted by Crippen LogP contribution is -2.30. The van der Waals surface area contributed by atoms with Gasteiger partial charge in [-0.2, -0.15) is 5.10 Å². The normalized spacial score (nSPS) is 17.7. The van der Waals surface area contributed by atoms with Gasteiger partial charge in [0, 0.05) is 23.4 Å². The third-order valence-electron chi connectivity index (χ3n) is 4.85. The Labute approximate surface area is 143 Å². The van der Waals surface area contributed by atoms with Gasteiger partial charge in [0.15, 0.2) is 0 Å². The summed E-state index contributed by atoms with van der Waals surface area (Å²) < 4.78 is 0. The van der Waals surface area contributed by atoms with Crippen molar-refractivity contribution < 1.29 is 4.79 Å². The van der Waals surface area contributed by atoms with Gasteiger partial charge in [-0.15, -0.1) is 0 Å². The summed E-state index contributed by atoms with van der Waals surface area (Å²) in [5.41, 5.74) is 5.01. The van der Waals surface area contributed by atoms with E-state index in [0.717, 1.165) is 36.5 Å². The molecular weight excluding hydrogens is 300 g/mol. The molecule has 1 aliphatic rings. The van der Waals surface area contributed by atoms with Crippen LogP contribution in [0.25, 0.3) is 0 Å². The molecule has 0 radical (unpaired) electrons. The van der Waals surface area contributed by atoms with Crippen LogP contribution in [0.4, 0.5) is 0 Å². The van der Waals surface area contributed by atoms with Crippen LogP contribution in [0.5, 0.6) is 0 Å². The van der Waals surface area contributed by atoms with Gasteiger partial charge in [0.05, 0.1) is 5.69 Å². The Morgan fingerprint density at radius 3 is 2.71 bits per heavy atom. The topological polar surface area (TPSA) is 69.8 Å². The van der Waals surface area contributed by atoms with Gasteiger partial charge < -0.3 is 10.6 Å². The van der Waals surface area contributed by atoms with Crippen molar-refractivity contribution in [1.82, 2.24) is 20.8 Å². The fraction of sp³-hybridized carbons (Fsp3) is 0.474. The number of aryl methyl sites for hydroxylation is 2. The van der Waals surface area contributed by atoms with Gasteiger partial charge in [0.2, 0.25) is 0 Å². The molecule has 0 bridgehead atoms. The molecule has 24 heavy (non-hydrogen) atoms. The Bertz CT molecular complexity index is 664. The number of nitrogens with one attached hydrogen (secondary N) is 3. The number of aromatic nitrogens is 2. The van der Waals surface area contributed by atoms with Crippen molar-refractivity contribution in [3.8, 4) is 0 Å². The minimum atomic E-state index is -0.0408. The zero-order valence-electron chi connectivity index (χ0n) is 14.5. The van der Waals surface area contributed by atoms with Crippen LogP contribution in [0.2, 0.25) is 0 Å². The van der Waals surface area contributed by atoms with Crippen LogP contribution in [-0.4, -0.2) is 29.2 Å². The number of carbonyl (C=O) groups excluding carboxylic acids is 1. The van der Waals surface area contributed by atoms with Crippen LogP contribution in [0, 0.1) is 19.8 Å². The number of hydrogen-bond donors (Lipinski definition) is 3. The number of carbonyl (C=O) groups is 1. The SMILES string of the molecule is Cc1n[nH]c(C)c1CNC(=O)c1ccc(CC2CCCNC2)cc1. The lowest BCUT2D eigenvalue weighted by molar-refractivity contribution is 0.0951. The van der Waals surface area contributed by atoms with Gasteiger partial charge in [-0.05, 0) is 69.8 Å². The first-order valence-electron chi connectivity index (χ1n) is 8.72. The molecule has 128 valence electrons. The number of nitrogens with zero attached hydrogens (tertiary/aromatic N) is 1. The van der Waals surface area contributed by atoms with Crippen LogP contribution in [0.3, 0.4) is 0 Å². The predicted octanol–water partition coefficient (Wildman–Crippen LogP) is 2.50. The molecule has 3 N–H and O–H groups in total. The average molecular weight is 326 g/mol. The van der Waals surface area contributed by atoms with Gasteiger partial charge in [-0.1, -0.05) is 12.1 Å². The van der Waals surface area contributed by atoms with Crippen LogP contribution in [0.1, 0.15) is 45.7 Å². The summed E-state index contributed by atoms with van der Waals surface area (Å²) in [6.45, 7) is 6.66. The van der Waals surface area contributed by atoms with Crippen LogP contribution in [0.15, 0.2) is 24.3 Å². The molecule has 0 saturated carbocycles. The number of H-pyrrole nitrogens is 1. The van der Waals surface area contributed by atoms with E-state index in [9.17, 15) is 4.79 Å². The Balaban J connectivity index is 1.55. The molecule has 1 amide bonds. The highest BCUT2D eigenvalue weighted by molar-refractivity contribution is 5.94. The quantitative estimate of drug-likeness (QED) is 0.791. The first-order chi connectivity index (χ1) is 11.6. The zero-order chi connectivity index (χ0) is 16.9. The number of hydrogen-bond acceptors (Lipinski definition) is 3. The number of piperidine rings is 1. The second kappa shape index (κ2) is 7.62. The number of amides is 1. The summed E-state index contributed by atoms with van der Waals surface area (Å²) in [5, 5.41) is 13.5. The van der Waals surface area contributed by atoms with Gasteiger partial charge >= 0.3 is 0 Å². The van der Waals surface area contributed by atoms with Crippen LogP contribution >= 0.6 is 0 Å². The Morgan fingerprint density at radius 1 is 1.29 bits per heavy atom. The van der Waals surface area contributed by atoms with E-state index < -0.39 is 0 Å². The highest BCUT2D eigenvalue weighted by Gasteiger charge is 2.14. The van der Waals surface area contributed by atoms with Crippen molar-refractivity contribution in [2.75, 3.05) is 13.1 Å². The Hall–Kier alpha value is -2.14. The second-order valence-corrected chi connectivity index (χ2v) is 6.71. The molecule has 1 unspecified atom stereocenters. The van der Waals surface area contributed by atoms with Gasteiger partial charge in [-0.25, -0.2) is 0 Å². The fourth-order valence-corrected chi connectivity index (χ4v) is 3.33. The van der Waals surface area contributed by atoms with Gasteiger partial charge in [0.25, 0.3) is 5.91 Å². The molecule has 1 aromatic heterocycles. The first-order valence-corrected chi connectivity index (χ1v) is 8.72. The zero-order valence-corrected chi connectivity index (χ0v) is 14.5. The molecule has 1 saturated heterocycles. The molecule has 1 aromatic carbocycles. The summed E-state index contributed by atoms with van der Waals surface area (Å²) in [5.74, 6) is 0.673. The van der Waals surface area contributed by atoms with Crippen molar-refractivity contribution >= 4 is 5.91 Å². The van der Waals surface area contributed by atoms with E-state index in [1.165, 1.54) is 18.4 Å². The second-order valence-electron chi connectivity index (χ2n) is 6.71. The van der Waals surface area contributed by atoms with Crippen LogP contribution in [-0.2, 0) is 13.0 Å². The lowest BCUT2D eigenvalue weighted by Gasteiger charge is -2.22. The molecule has 1 aliphatic heterocycles. The first kappa shape index (κ1) is 16.7. The van der Waals surface area contributed by atoms with Crippen LogP contribution < -0.4 is 10.6 Å². The monoisotopic (exact) mass is 326 g/mol. The predicted molar refractivity (Wildman–Crippen MR) is 95.0 cm³/mol. The minimum absolute atomic E-state index is 0.0408. The molecule has 5 nitrogen and oxygen atoms in total. The smallest absolute Gasteiger partial charge is 0.251 e. The maximum Gasteiger partial charge on any atom is 0.251 e. The van der Waals surface area contributed by atoms with Crippen molar-refractivity contribution in [3.05, 3.63) is 52.3 Å². The average Bonchev–Trinajstić information content (AvgIpc) is 2.92. The van der Waals surface area contributed by atoms with Crippen molar-refractivity contribution in [2.45, 2.75) is 39.7 Å². The lowest BCUT2D eigenvalue weighted by atomic mass is 9.92. The summed E-state index contributed by atoms with van der Waals surface area (Å²) in [6, 6.07) is 8.02. The standard InChI is InChI=1S/C19H26N4O/c1-13-18(14(2)23-22-13)12-21-19(24)17-7-5-15(6-8-17)10-16-4-3-9-20-11-16/h5-8,16,20H,3-4,9-12H2,1-2H3,(H,21,24)(H,22,23). The van der Waals surface area contributed by atoms with E-state index in [1.54, 1.807) is 0 Å². The van der Waals surface area contributed by atoms with Crippen molar-refractivity contribution in [1.29, 1.82) is 0 Å². The molecule has 3 rings (SSSR count). The molecule has 2 aromatic rings. The molecule has 5 heteroatoms. The summed E-state index contributed by atoms with van der Waals surface area (Å²) in [6.07, 6.45) is 3.64. The van der Waals surface area contributed by atoms with E-state index in [1.807, 2.05) is 26.0 Å². The van der Waals surface area contributed by atoms with E-state index in [2.05, 4.69) is 33.0 Å². The van der Waals surface area contributed by atoms with Crippen molar-refractivity contribution in [3.63, 3.8) is 0 Å². The molecule has 1 atom stereocenters. The van der Waals surface area contributed by atoms with E-state index in [0.29, 0.717) is 18.0 Å². The van der Waals surface area contributed by atoms with E-state index >= 15 is 0 Å². The highest BCUT2D eigenvalue weighted by atomic mass is 16.1. The third-order valence-corrected chi connectivity index (χ3v) is 4.85. The van der Waals surface area contributed by atoms with Gasteiger partial charge in [-0.3, -0.25) is 9.89 Å². The maximum absolute atomic E-state index is 12.3. The number of rotatable bonds is 5. The van der Waals surface area contributed by atoms with Gasteiger partial charge in [0.1, 0.15) is 0 Å². The molecule has 2 heterocycles. The Kier molecular flexibility index (Phi) is 5.30. The van der Waals surface area contributed by atoms with E-state index in [4.69, 9.17) is 0 Å². The molecule has 1 fully saturated rings. The largest absolute Gasteiger partial charge is 0.348 e. The van der Waals surface area contributed by atoms with Crippen molar-refractivity contribution in [2.24, 2.45) is 5.92 Å². The molecular formula is C19H26N4O. The summed E-state index contributed by atoms with van der Waals surface area (Å²) in [4.78, 5) is 12.3. The fourth-order valence-electron chi connectivity index (χ4n) is 3.33. The number of aromatic amines is 1. The highest BCUT2D eigenvalue weighted by Crippen LogP contribution is 2.17. The molecule has 0 spiro atoms. The van der Waals surface area contributed by atoms with E-state index in [-0.39, 0.29) is 5.91 Å². The Morgan fingerprint density at radius 2 is 2.08 bits per heavy atom. The summed E-state index contributed by atoms with van der Waals surface area (Å²) in [7, 11) is 0. The minimum Gasteiger partial charge on any atom is -0.348 e. The summed E-state index contributed by atoms with van der Waals surface area (Å²) >= 11 is 0. The molecule has 0 aliphatic carbocycles. The maximum atomic E-state index is 12.3.